The summed E-state index contributed by atoms with van der Waals surface area (Å²) in [6.07, 6.45) is 2.32. The van der Waals surface area contributed by atoms with Gasteiger partial charge in [-0.15, -0.1) is 6.58 Å². The van der Waals surface area contributed by atoms with Gasteiger partial charge in [0.2, 0.25) is 0 Å². The van der Waals surface area contributed by atoms with Crippen LogP contribution in [0.5, 0.6) is 0 Å². The number of carbonyl (C=O) groups excluding carboxylic acids is 1. The van der Waals surface area contributed by atoms with Crippen molar-refractivity contribution in [3.63, 3.8) is 0 Å². The number of amides is 1. The van der Waals surface area contributed by atoms with Crippen LogP contribution in [0, 0.1) is 12.8 Å². The summed E-state index contributed by atoms with van der Waals surface area (Å²) >= 11 is 0. The number of ether oxygens (including phenoxy) is 2. The molecule has 1 amide bonds. The van der Waals surface area contributed by atoms with Crippen LogP contribution in [0.1, 0.15) is 37.6 Å². The molecule has 2 atom stereocenters. The van der Waals surface area contributed by atoms with Crippen molar-refractivity contribution in [2.24, 2.45) is 5.92 Å². The summed E-state index contributed by atoms with van der Waals surface area (Å²) < 4.78 is 11.7. The van der Waals surface area contributed by atoms with Crippen LogP contribution < -0.4 is 4.90 Å². The van der Waals surface area contributed by atoms with E-state index in [-0.39, 0.29) is 6.10 Å². The first-order chi connectivity index (χ1) is 15.6. The van der Waals surface area contributed by atoms with E-state index in [1.54, 1.807) is 11.0 Å². The molecule has 0 aliphatic carbocycles. The second kappa shape index (κ2) is 10.9. The minimum absolute atomic E-state index is 0.144. The summed E-state index contributed by atoms with van der Waals surface area (Å²) in [7, 11) is 2.11. The van der Waals surface area contributed by atoms with Crippen LogP contribution in [0.2, 0.25) is 0 Å². The molecule has 2 aromatic rings. The van der Waals surface area contributed by atoms with Crippen molar-refractivity contribution in [2.45, 2.75) is 52.4 Å². The first-order valence-corrected chi connectivity index (χ1v) is 11.6. The molecule has 1 fully saturated rings. The molecule has 1 saturated heterocycles. The van der Waals surface area contributed by atoms with E-state index in [0.29, 0.717) is 24.9 Å². The van der Waals surface area contributed by atoms with Crippen molar-refractivity contribution in [1.29, 1.82) is 0 Å². The zero-order valence-corrected chi connectivity index (χ0v) is 20.6. The van der Waals surface area contributed by atoms with Gasteiger partial charge in [-0.05, 0) is 64.4 Å². The van der Waals surface area contributed by atoms with Crippen molar-refractivity contribution in [3.8, 4) is 0 Å². The van der Waals surface area contributed by atoms with Gasteiger partial charge in [0, 0.05) is 24.7 Å². The van der Waals surface area contributed by atoms with Gasteiger partial charge in [0.1, 0.15) is 11.4 Å². The molecule has 178 valence electrons. The summed E-state index contributed by atoms with van der Waals surface area (Å²) in [4.78, 5) is 22.0. The van der Waals surface area contributed by atoms with Crippen LogP contribution in [0.25, 0.3) is 0 Å². The minimum Gasteiger partial charge on any atom is -0.443 e. The quantitative estimate of drug-likeness (QED) is 0.528. The number of pyridine rings is 1. The summed E-state index contributed by atoms with van der Waals surface area (Å²) in [6, 6.07) is 14.0. The zero-order valence-electron chi connectivity index (χ0n) is 20.6. The number of likely N-dealkylation sites (tertiary alicyclic amines) is 1. The van der Waals surface area contributed by atoms with Gasteiger partial charge in [0.05, 0.1) is 19.3 Å². The van der Waals surface area contributed by atoms with Crippen LogP contribution in [-0.2, 0) is 22.4 Å². The summed E-state index contributed by atoms with van der Waals surface area (Å²) in [5.41, 5.74) is 2.44. The molecule has 1 aliphatic rings. The molecule has 6 nitrogen and oxygen atoms in total. The number of benzene rings is 1. The third-order valence-electron chi connectivity index (χ3n) is 5.55. The second-order valence-corrected chi connectivity index (χ2v) is 9.89. The van der Waals surface area contributed by atoms with Crippen LogP contribution in [0.4, 0.5) is 10.6 Å². The van der Waals surface area contributed by atoms with E-state index < -0.39 is 11.7 Å². The molecule has 1 aromatic heterocycles. The SMILES string of the molecule is C=CCO[C@@H]1CN(C)C[C@@H]1Cc1cc(C)cc(N(Cc2ccccc2)C(=O)OC(C)(C)C)n1. The standard InChI is InChI=1S/C27H37N3O3/c1-7-13-32-24-19-29(6)18-22(24)16-23-14-20(2)15-25(28-23)30(26(31)33-27(3,4)5)17-21-11-9-8-10-12-21/h7-12,14-15,22,24H,1,13,16-19H2,2-6H3/t22-,24+/m0/s1. The van der Waals surface area contributed by atoms with Gasteiger partial charge in [0.15, 0.2) is 0 Å². The number of likely N-dealkylation sites (N-methyl/N-ethyl adjacent to an activating group) is 1. The van der Waals surface area contributed by atoms with Gasteiger partial charge in [-0.25, -0.2) is 9.78 Å². The normalized spacial score (nSPS) is 18.8. The molecule has 0 bridgehead atoms. The Morgan fingerprint density at radius 3 is 2.64 bits per heavy atom. The minimum atomic E-state index is -0.594. The molecule has 1 aliphatic heterocycles. The molecule has 0 N–H and O–H groups in total. The Bertz CT molecular complexity index is 939. The maximum atomic E-state index is 13.2. The van der Waals surface area contributed by atoms with Gasteiger partial charge in [-0.2, -0.15) is 0 Å². The van der Waals surface area contributed by atoms with E-state index >= 15 is 0 Å². The number of hydrogen-bond acceptors (Lipinski definition) is 5. The molecular weight excluding hydrogens is 414 g/mol. The lowest BCUT2D eigenvalue weighted by atomic mass is 9.98. The Kier molecular flexibility index (Phi) is 8.27. The summed E-state index contributed by atoms with van der Waals surface area (Å²) in [6.45, 7) is 14.2. The van der Waals surface area contributed by atoms with Gasteiger partial charge >= 0.3 is 6.09 Å². The Balaban J connectivity index is 1.87. The smallest absolute Gasteiger partial charge is 0.416 e. The fourth-order valence-electron chi connectivity index (χ4n) is 4.18. The average Bonchev–Trinajstić information content (AvgIpc) is 3.08. The fraction of sp³-hybridized carbons (Fsp3) is 0.481. The third kappa shape index (κ3) is 7.41. The number of aryl methyl sites for hydroxylation is 1. The number of hydrogen-bond donors (Lipinski definition) is 0. The molecule has 3 rings (SSSR count). The molecule has 0 saturated carbocycles. The molecule has 1 aromatic carbocycles. The Hall–Kier alpha value is -2.70. The van der Waals surface area contributed by atoms with Crippen LogP contribution in [-0.4, -0.2) is 54.4 Å². The fourth-order valence-corrected chi connectivity index (χ4v) is 4.18. The van der Waals surface area contributed by atoms with Crippen molar-refractivity contribution < 1.29 is 14.3 Å². The molecular formula is C27H37N3O3. The van der Waals surface area contributed by atoms with Gasteiger partial charge in [-0.1, -0.05) is 36.4 Å². The summed E-state index contributed by atoms with van der Waals surface area (Å²) in [5.74, 6) is 0.944. The van der Waals surface area contributed by atoms with Crippen molar-refractivity contribution >= 4 is 11.9 Å². The highest BCUT2D eigenvalue weighted by atomic mass is 16.6. The van der Waals surface area contributed by atoms with Crippen LogP contribution in [0.15, 0.2) is 55.1 Å². The third-order valence-corrected chi connectivity index (χ3v) is 5.55. The first kappa shape index (κ1) is 24.9. The first-order valence-electron chi connectivity index (χ1n) is 11.6. The van der Waals surface area contributed by atoms with Crippen molar-refractivity contribution in [2.75, 3.05) is 31.6 Å². The summed E-state index contributed by atoms with van der Waals surface area (Å²) in [5, 5.41) is 0. The number of nitrogens with zero attached hydrogens (tertiary/aromatic N) is 3. The lowest BCUT2D eigenvalue weighted by Crippen LogP contribution is -2.37. The van der Waals surface area contributed by atoms with Gasteiger partial charge in [-0.3, -0.25) is 4.90 Å². The Labute approximate surface area is 198 Å². The lowest BCUT2D eigenvalue weighted by molar-refractivity contribution is 0.0538. The topological polar surface area (TPSA) is 54.9 Å². The Morgan fingerprint density at radius 1 is 1.24 bits per heavy atom. The highest BCUT2D eigenvalue weighted by Gasteiger charge is 2.32. The van der Waals surface area contributed by atoms with Crippen molar-refractivity contribution in [1.82, 2.24) is 9.88 Å². The molecule has 0 spiro atoms. The van der Waals surface area contributed by atoms with E-state index in [1.165, 1.54) is 0 Å². The number of carbonyl (C=O) groups is 1. The second-order valence-electron chi connectivity index (χ2n) is 9.89. The highest BCUT2D eigenvalue weighted by Crippen LogP contribution is 2.26. The molecule has 6 heteroatoms. The van der Waals surface area contributed by atoms with Crippen LogP contribution >= 0.6 is 0 Å². The van der Waals surface area contributed by atoms with E-state index in [9.17, 15) is 4.79 Å². The maximum Gasteiger partial charge on any atom is 0.416 e. The van der Waals surface area contributed by atoms with E-state index in [2.05, 4.69) is 24.6 Å². The monoisotopic (exact) mass is 451 g/mol. The number of anilines is 1. The van der Waals surface area contributed by atoms with E-state index in [4.69, 9.17) is 14.5 Å². The van der Waals surface area contributed by atoms with Gasteiger partial charge in [0.25, 0.3) is 0 Å². The van der Waals surface area contributed by atoms with Crippen molar-refractivity contribution in [3.05, 3.63) is 71.9 Å². The number of rotatable bonds is 8. The molecule has 0 radical (unpaired) electrons. The van der Waals surface area contributed by atoms with E-state index in [0.717, 1.165) is 36.3 Å². The predicted molar refractivity (Wildman–Crippen MR) is 132 cm³/mol. The lowest BCUT2D eigenvalue weighted by Gasteiger charge is -2.27. The van der Waals surface area contributed by atoms with Crippen LogP contribution in [0.3, 0.4) is 0 Å². The predicted octanol–water partition coefficient (Wildman–Crippen LogP) is 5.01. The molecule has 2 heterocycles. The molecule has 0 unspecified atom stereocenters. The average molecular weight is 452 g/mol. The highest BCUT2D eigenvalue weighted by molar-refractivity contribution is 5.86. The Morgan fingerprint density at radius 2 is 1.97 bits per heavy atom. The number of aromatic nitrogens is 1. The maximum absolute atomic E-state index is 13.2. The van der Waals surface area contributed by atoms with E-state index in [1.807, 2.05) is 64.1 Å². The molecule has 33 heavy (non-hydrogen) atoms. The largest absolute Gasteiger partial charge is 0.443 e. The zero-order chi connectivity index (χ0) is 24.0. The van der Waals surface area contributed by atoms with Gasteiger partial charge < -0.3 is 14.4 Å².